The minimum Gasteiger partial charge on any atom is -0.392 e. The number of nitrogens with zero attached hydrogens (tertiary/aromatic N) is 3. The third-order valence-corrected chi connectivity index (χ3v) is 10.8. The third-order valence-electron chi connectivity index (χ3n) is 10.8. The lowest BCUT2D eigenvalue weighted by molar-refractivity contribution is -0.143. The predicted molar refractivity (Wildman–Crippen MR) is 255 cm³/mol. The van der Waals surface area contributed by atoms with E-state index in [-0.39, 0.29) is 82.0 Å². The first-order valence-electron chi connectivity index (χ1n) is 22.6. The first-order valence-corrected chi connectivity index (χ1v) is 22.6. The van der Waals surface area contributed by atoms with Crippen LogP contribution in [0.5, 0.6) is 0 Å². The summed E-state index contributed by atoms with van der Waals surface area (Å²) in [5.41, 5.74) is 34.3. The molecule has 68 heavy (non-hydrogen) atoms. The lowest BCUT2D eigenvalue weighted by Crippen LogP contribution is -2.62. The van der Waals surface area contributed by atoms with Crippen molar-refractivity contribution in [3.05, 3.63) is 35.4 Å². The molecule has 0 aliphatic heterocycles. The molecule has 1 aromatic carbocycles. The molecule has 0 bridgehead atoms. The summed E-state index contributed by atoms with van der Waals surface area (Å²) < 4.78 is 0. The van der Waals surface area contributed by atoms with Crippen LogP contribution in [0.15, 0.2) is 34.3 Å². The van der Waals surface area contributed by atoms with Crippen molar-refractivity contribution in [2.75, 3.05) is 20.1 Å². The number of likely N-dealkylation sites (N-methyl/N-ethyl adjacent to an activating group) is 1. The molecule has 0 aliphatic carbocycles. The Morgan fingerprint density at radius 1 is 0.618 bits per heavy atom. The first-order chi connectivity index (χ1) is 31.8. The Morgan fingerprint density at radius 3 is 1.60 bits per heavy atom. The monoisotopic (exact) mass is 961 g/mol. The molecule has 0 saturated carbocycles. The van der Waals surface area contributed by atoms with Crippen molar-refractivity contribution >= 4 is 59.2 Å². The van der Waals surface area contributed by atoms with E-state index in [1.807, 2.05) is 13.8 Å². The molecule has 0 spiro atoms. The van der Waals surface area contributed by atoms with E-state index in [4.69, 9.17) is 34.4 Å². The van der Waals surface area contributed by atoms with Crippen LogP contribution < -0.4 is 61.0 Å². The molecule has 0 radical (unpaired) electrons. The number of amides is 8. The largest absolute Gasteiger partial charge is 0.392 e. The van der Waals surface area contributed by atoms with Crippen molar-refractivity contribution in [1.82, 2.24) is 31.5 Å². The van der Waals surface area contributed by atoms with E-state index < -0.39 is 102 Å². The maximum Gasteiger partial charge on any atom is 0.245 e. The molecular formula is C44H76N14O10. The SMILES string of the molecule is CC(C)C[C@H](C)C(=O)N[C@H](C(=O)N[C@H](C(=O)N[C@@H](CCCN=C(N)N)C(=O)N[C@@H](CCC(N)=O)C(=O)N(C)[C@@H](CCCN=C(N)N)C(=O)N[C@@H](Cc1ccc(CO)cc1)C(N)=O)[C@@H](C)O)C(C)C. The Hall–Kier alpha value is -6.56. The molecule has 0 saturated heterocycles. The van der Waals surface area contributed by atoms with Gasteiger partial charge in [-0.1, -0.05) is 58.9 Å². The normalized spacial score (nSPS) is 14.6. The number of primary amides is 2. The van der Waals surface area contributed by atoms with E-state index in [1.54, 1.807) is 45.0 Å². The molecule has 382 valence electrons. The molecule has 0 aliphatic rings. The summed E-state index contributed by atoms with van der Waals surface area (Å²) in [4.78, 5) is 117. The molecule has 8 atom stereocenters. The topological polar surface area (TPSA) is 421 Å². The molecule has 0 unspecified atom stereocenters. The highest BCUT2D eigenvalue weighted by atomic mass is 16.3. The fourth-order valence-corrected chi connectivity index (χ4v) is 7.04. The fourth-order valence-electron chi connectivity index (χ4n) is 7.04. The van der Waals surface area contributed by atoms with Crippen molar-refractivity contribution in [3.63, 3.8) is 0 Å². The molecule has 1 aromatic rings. The summed E-state index contributed by atoms with van der Waals surface area (Å²) in [5, 5.41) is 33.1. The van der Waals surface area contributed by atoms with Gasteiger partial charge in [0.1, 0.15) is 36.3 Å². The number of aliphatic imine (C=N–C) groups is 2. The summed E-state index contributed by atoms with van der Waals surface area (Å²) in [5.74, 6) is -7.58. The Labute approximate surface area is 398 Å². The summed E-state index contributed by atoms with van der Waals surface area (Å²) in [6, 6.07) is -1.73. The molecule has 0 heterocycles. The molecule has 0 fully saturated rings. The maximum atomic E-state index is 14.4. The van der Waals surface area contributed by atoms with Crippen LogP contribution in [-0.4, -0.2) is 137 Å². The highest BCUT2D eigenvalue weighted by Crippen LogP contribution is 2.16. The van der Waals surface area contributed by atoms with E-state index >= 15 is 0 Å². The van der Waals surface area contributed by atoms with E-state index in [0.29, 0.717) is 17.5 Å². The van der Waals surface area contributed by atoms with Crippen LogP contribution in [0.25, 0.3) is 0 Å². The zero-order valence-electron chi connectivity index (χ0n) is 40.3. The predicted octanol–water partition coefficient (Wildman–Crippen LogP) is -3.45. The van der Waals surface area contributed by atoms with Gasteiger partial charge in [0, 0.05) is 38.9 Å². The Morgan fingerprint density at radius 2 is 1.12 bits per heavy atom. The average Bonchev–Trinajstić information content (AvgIpc) is 3.25. The Balaban J connectivity index is 3.57. The van der Waals surface area contributed by atoms with E-state index in [2.05, 4.69) is 36.6 Å². The standard InChI is InChI=1S/C44H76N14O10/c1-23(2)20-25(5)37(63)56-34(24(3)4)40(66)57-35(26(6)60)41(67)53-29(10-8-18-51-43(47)48)38(64)54-30(16-17-33(45)61)42(68)58(7)32(11-9-19-52-44(49)50)39(65)55-31(36(46)62)21-27-12-14-28(22-59)15-13-27/h12-15,23-26,29-32,34-35,59-60H,8-11,16-22H2,1-7H3,(H2,45,61)(H2,46,62)(H,53,67)(H,54,64)(H,55,65)(H,56,63)(H,57,66)(H4,47,48,51)(H4,49,50,52)/t25-,26+,29-,30-,31-,32-,34-,35-/m0/s1. The number of aliphatic hydroxyl groups excluding tert-OH is 2. The van der Waals surface area contributed by atoms with Gasteiger partial charge in [0.25, 0.3) is 0 Å². The number of carbonyl (C=O) groups excluding carboxylic acids is 8. The van der Waals surface area contributed by atoms with Gasteiger partial charge in [-0.2, -0.15) is 0 Å². The van der Waals surface area contributed by atoms with Crippen molar-refractivity contribution in [2.24, 2.45) is 62.1 Å². The van der Waals surface area contributed by atoms with Crippen LogP contribution in [0.1, 0.15) is 97.6 Å². The second-order valence-electron chi connectivity index (χ2n) is 17.6. The third kappa shape index (κ3) is 21.8. The highest BCUT2D eigenvalue weighted by molar-refractivity contribution is 5.97. The lowest BCUT2D eigenvalue weighted by Gasteiger charge is -2.32. The van der Waals surface area contributed by atoms with Gasteiger partial charge < -0.3 is 76.1 Å². The second kappa shape index (κ2) is 29.9. The van der Waals surface area contributed by atoms with Gasteiger partial charge in [-0.05, 0) is 68.4 Å². The van der Waals surface area contributed by atoms with Crippen molar-refractivity contribution < 1.29 is 48.6 Å². The number of rotatable bonds is 31. The van der Waals surface area contributed by atoms with E-state index in [9.17, 15) is 48.6 Å². The number of carbonyl (C=O) groups is 8. The van der Waals surface area contributed by atoms with Crippen LogP contribution in [-0.2, 0) is 51.4 Å². The van der Waals surface area contributed by atoms with Crippen LogP contribution in [0.4, 0.5) is 0 Å². The minimum atomic E-state index is -1.64. The van der Waals surface area contributed by atoms with Crippen LogP contribution >= 0.6 is 0 Å². The minimum absolute atomic E-state index is 0.00717. The van der Waals surface area contributed by atoms with Gasteiger partial charge in [0.05, 0.1) is 12.7 Å². The summed E-state index contributed by atoms with van der Waals surface area (Å²) in [7, 11) is 1.27. The van der Waals surface area contributed by atoms with E-state index in [0.717, 1.165) is 4.90 Å². The quantitative estimate of drug-likeness (QED) is 0.0196. The molecule has 0 aromatic heterocycles. The summed E-state index contributed by atoms with van der Waals surface area (Å²) >= 11 is 0. The second-order valence-corrected chi connectivity index (χ2v) is 17.6. The van der Waals surface area contributed by atoms with Gasteiger partial charge in [0.15, 0.2) is 11.9 Å². The van der Waals surface area contributed by atoms with Crippen LogP contribution in [0, 0.1) is 17.8 Å². The Kier molecular flexibility index (Phi) is 26.2. The molecule has 24 nitrogen and oxygen atoms in total. The number of nitrogens with one attached hydrogen (secondary N) is 5. The van der Waals surface area contributed by atoms with Crippen LogP contribution in [0.3, 0.4) is 0 Å². The van der Waals surface area contributed by atoms with Gasteiger partial charge in [0.2, 0.25) is 47.3 Å². The summed E-state index contributed by atoms with van der Waals surface area (Å²) in [6.07, 6.45) is -1.71. The average molecular weight is 961 g/mol. The van der Waals surface area contributed by atoms with Crippen molar-refractivity contribution in [3.8, 4) is 0 Å². The number of aliphatic hydroxyl groups is 2. The number of nitrogens with two attached hydrogens (primary N) is 6. The number of hydrogen-bond donors (Lipinski definition) is 13. The van der Waals surface area contributed by atoms with Gasteiger partial charge >= 0.3 is 0 Å². The smallest absolute Gasteiger partial charge is 0.245 e. The van der Waals surface area contributed by atoms with Crippen molar-refractivity contribution in [1.29, 1.82) is 0 Å². The molecule has 19 N–H and O–H groups in total. The summed E-state index contributed by atoms with van der Waals surface area (Å²) in [6.45, 7) is 10.1. The first kappa shape index (κ1) is 59.5. The lowest BCUT2D eigenvalue weighted by atomic mass is 9.96. The number of benzene rings is 1. The van der Waals surface area contributed by atoms with E-state index in [1.165, 1.54) is 14.0 Å². The highest BCUT2D eigenvalue weighted by Gasteiger charge is 2.37. The molecule has 1 rings (SSSR count). The zero-order chi connectivity index (χ0) is 51.8. The number of guanidine groups is 2. The zero-order valence-corrected chi connectivity index (χ0v) is 40.3. The molecule has 24 heteroatoms. The Bertz CT molecular complexity index is 1900. The maximum absolute atomic E-state index is 14.4. The van der Waals surface area contributed by atoms with Crippen LogP contribution in [0.2, 0.25) is 0 Å². The molecular weight excluding hydrogens is 885 g/mol. The van der Waals surface area contributed by atoms with Gasteiger partial charge in [-0.25, -0.2) is 0 Å². The van der Waals surface area contributed by atoms with Crippen molar-refractivity contribution in [2.45, 2.75) is 142 Å². The fraction of sp³-hybridized carbons (Fsp3) is 0.636. The molecule has 8 amide bonds. The number of hydrogen-bond acceptors (Lipinski definition) is 12. The van der Waals surface area contributed by atoms with Gasteiger partial charge in [-0.15, -0.1) is 0 Å². The van der Waals surface area contributed by atoms with Gasteiger partial charge in [-0.3, -0.25) is 48.3 Å².